The van der Waals surface area contributed by atoms with E-state index >= 15 is 0 Å². The first kappa shape index (κ1) is 15.2. The van der Waals surface area contributed by atoms with Gasteiger partial charge in [0.25, 0.3) is 0 Å². The van der Waals surface area contributed by atoms with Gasteiger partial charge in [-0.25, -0.2) is 0 Å². The molecule has 0 unspecified atom stereocenters. The zero-order valence-electron chi connectivity index (χ0n) is 9.33. The zero-order chi connectivity index (χ0) is 11.9. The fourth-order valence-electron chi connectivity index (χ4n) is 0.801. The maximum atomic E-state index is 11.7. The summed E-state index contributed by atoms with van der Waals surface area (Å²) in [5.41, 5.74) is 5.32. The standard InChI is InChI=1S/C9H18N2OS3/c1-4-14-8(13)15-9(2,3)7(12)11-6-5-10/h4-6,10H2,1-3H3,(H,11,12). The van der Waals surface area contributed by atoms with E-state index in [4.69, 9.17) is 18.0 Å². The van der Waals surface area contributed by atoms with Crippen LogP contribution in [0.2, 0.25) is 0 Å². The minimum atomic E-state index is -0.519. The van der Waals surface area contributed by atoms with Crippen molar-refractivity contribution >= 4 is 45.2 Å². The molecule has 0 saturated heterocycles. The van der Waals surface area contributed by atoms with E-state index in [1.54, 1.807) is 11.8 Å². The number of hydrogen-bond donors (Lipinski definition) is 2. The molecule has 0 atom stereocenters. The molecule has 0 aromatic carbocycles. The lowest BCUT2D eigenvalue weighted by Crippen LogP contribution is -2.42. The maximum absolute atomic E-state index is 11.7. The first-order valence-corrected chi connectivity index (χ1v) is 6.99. The van der Waals surface area contributed by atoms with E-state index in [0.717, 1.165) is 9.28 Å². The summed E-state index contributed by atoms with van der Waals surface area (Å²) in [7, 11) is 0. The van der Waals surface area contributed by atoms with Crippen LogP contribution in [0.1, 0.15) is 20.8 Å². The number of nitrogens with one attached hydrogen (secondary N) is 1. The van der Waals surface area contributed by atoms with Crippen LogP contribution < -0.4 is 11.1 Å². The fraction of sp³-hybridized carbons (Fsp3) is 0.778. The summed E-state index contributed by atoms with van der Waals surface area (Å²) >= 11 is 8.17. The van der Waals surface area contributed by atoms with Gasteiger partial charge in [-0.15, -0.1) is 11.8 Å². The highest BCUT2D eigenvalue weighted by Crippen LogP contribution is 2.30. The third-order valence-corrected chi connectivity index (χ3v) is 4.17. The largest absolute Gasteiger partial charge is 0.354 e. The van der Waals surface area contributed by atoms with Gasteiger partial charge in [0, 0.05) is 13.1 Å². The Morgan fingerprint density at radius 2 is 2.13 bits per heavy atom. The molecule has 0 aliphatic rings. The fourth-order valence-corrected chi connectivity index (χ4v) is 3.81. The predicted molar refractivity (Wildman–Crippen MR) is 74.5 cm³/mol. The molecular weight excluding hydrogens is 248 g/mol. The van der Waals surface area contributed by atoms with E-state index in [9.17, 15) is 4.79 Å². The summed E-state index contributed by atoms with van der Waals surface area (Å²) in [6, 6.07) is 0. The van der Waals surface area contributed by atoms with Crippen LogP contribution in [0.4, 0.5) is 0 Å². The number of nitrogens with two attached hydrogens (primary N) is 1. The van der Waals surface area contributed by atoms with Crippen LogP contribution in [0, 0.1) is 0 Å². The molecule has 3 N–H and O–H groups in total. The number of amides is 1. The number of thiocarbonyl (C=S) groups is 1. The Kier molecular flexibility index (Phi) is 7.60. The molecule has 0 aromatic rings. The number of carbonyl (C=O) groups is 1. The Labute approximate surface area is 105 Å². The van der Waals surface area contributed by atoms with Crippen LogP contribution in [0.5, 0.6) is 0 Å². The van der Waals surface area contributed by atoms with Gasteiger partial charge in [-0.3, -0.25) is 4.79 Å². The second-order valence-electron chi connectivity index (χ2n) is 3.34. The Balaban J connectivity index is 4.15. The Morgan fingerprint density at radius 1 is 1.53 bits per heavy atom. The van der Waals surface area contributed by atoms with Crippen molar-refractivity contribution in [2.24, 2.45) is 5.73 Å². The van der Waals surface area contributed by atoms with E-state index in [0.29, 0.717) is 13.1 Å². The molecule has 0 aromatic heterocycles. The van der Waals surface area contributed by atoms with Crippen molar-refractivity contribution in [1.82, 2.24) is 5.32 Å². The number of rotatable bonds is 5. The molecule has 0 fully saturated rings. The minimum Gasteiger partial charge on any atom is -0.354 e. The van der Waals surface area contributed by atoms with Gasteiger partial charge < -0.3 is 11.1 Å². The van der Waals surface area contributed by atoms with Crippen molar-refractivity contribution in [2.75, 3.05) is 18.8 Å². The molecule has 0 aliphatic carbocycles. The molecule has 0 aliphatic heterocycles. The predicted octanol–water partition coefficient (Wildman–Crippen LogP) is 1.61. The SMILES string of the molecule is CCSC(=S)SC(C)(C)C(=O)NCCN. The van der Waals surface area contributed by atoms with Gasteiger partial charge >= 0.3 is 0 Å². The quantitative estimate of drug-likeness (QED) is 0.741. The molecule has 0 bridgehead atoms. The van der Waals surface area contributed by atoms with Gasteiger partial charge in [-0.05, 0) is 19.6 Å². The molecule has 88 valence electrons. The smallest absolute Gasteiger partial charge is 0.236 e. The minimum absolute atomic E-state index is 0.0167. The van der Waals surface area contributed by atoms with Crippen LogP contribution >= 0.6 is 35.7 Å². The normalized spacial score (nSPS) is 11.2. The van der Waals surface area contributed by atoms with Crippen molar-refractivity contribution in [3.63, 3.8) is 0 Å². The zero-order valence-corrected chi connectivity index (χ0v) is 11.8. The first-order chi connectivity index (χ1) is 6.94. The van der Waals surface area contributed by atoms with Crippen LogP contribution in [-0.4, -0.2) is 33.0 Å². The number of hydrogen-bond acceptors (Lipinski definition) is 5. The molecule has 1 amide bonds. The van der Waals surface area contributed by atoms with Crippen LogP contribution in [0.3, 0.4) is 0 Å². The van der Waals surface area contributed by atoms with Gasteiger partial charge in [0.05, 0.1) is 4.75 Å². The Morgan fingerprint density at radius 3 is 2.60 bits per heavy atom. The van der Waals surface area contributed by atoms with E-state index in [1.165, 1.54) is 11.8 Å². The highest BCUT2D eigenvalue weighted by atomic mass is 32.2. The molecule has 0 heterocycles. The van der Waals surface area contributed by atoms with Crippen molar-refractivity contribution in [3.8, 4) is 0 Å². The summed E-state index contributed by atoms with van der Waals surface area (Å²) in [6.07, 6.45) is 0. The average molecular weight is 266 g/mol. The van der Waals surface area contributed by atoms with Gasteiger partial charge in [0.2, 0.25) is 5.91 Å². The van der Waals surface area contributed by atoms with Gasteiger partial charge in [0.1, 0.15) is 3.53 Å². The monoisotopic (exact) mass is 266 g/mol. The number of carbonyl (C=O) groups excluding carboxylic acids is 1. The van der Waals surface area contributed by atoms with Gasteiger partial charge in [-0.1, -0.05) is 30.9 Å². The molecule has 0 saturated carbocycles. The van der Waals surface area contributed by atoms with E-state index in [1.807, 2.05) is 20.8 Å². The van der Waals surface area contributed by atoms with Crippen molar-refractivity contribution < 1.29 is 4.79 Å². The molecule has 0 spiro atoms. The first-order valence-electron chi connectivity index (χ1n) is 4.78. The van der Waals surface area contributed by atoms with E-state index < -0.39 is 4.75 Å². The summed E-state index contributed by atoms with van der Waals surface area (Å²) in [4.78, 5) is 11.7. The molecule has 0 rings (SSSR count). The Bertz CT molecular complexity index is 231. The topological polar surface area (TPSA) is 55.1 Å². The van der Waals surface area contributed by atoms with Gasteiger partial charge in [-0.2, -0.15) is 0 Å². The molecule has 15 heavy (non-hydrogen) atoms. The molecular formula is C9H18N2OS3. The summed E-state index contributed by atoms with van der Waals surface area (Å²) in [5, 5.41) is 2.77. The number of thioether (sulfide) groups is 2. The highest BCUT2D eigenvalue weighted by Gasteiger charge is 2.29. The third kappa shape index (κ3) is 6.40. The van der Waals surface area contributed by atoms with Crippen molar-refractivity contribution in [3.05, 3.63) is 0 Å². The van der Waals surface area contributed by atoms with E-state index in [2.05, 4.69) is 5.32 Å². The Hall–Kier alpha value is 0.220. The molecule has 0 radical (unpaired) electrons. The lowest BCUT2D eigenvalue weighted by molar-refractivity contribution is -0.122. The van der Waals surface area contributed by atoms with Crippen LogP contribution in [0.15, 0.2) is 0 Å². The summed E-state index contributed by atoms with van der Waals surface area (Å²) in [5.74, 6) is 0.920. The second kappa shape index (κ2) is 7.49. The lowest BCUT2D eigenvalue weighted by atomic mass is 10.2. The lowest BCUT2D eigenvalue weighted by Gasteiger charge is -2.22. The van der Waals surface area contributed by atoms with Crippen LogP contribution in [0.25, 0.3) is 0 Å². The maximum Gasteiger partial charge on any atom is 0.236 e. The van der Waals surface area contributed by atoms with E-state index in [-0.39, 0.29) is 5.91 Å². The summed E-state index contributed by atoms with van der Waals surface area (Å²) < 4.78 is 0.291. The van der Waals surface area contributed by atoms with Crippen LogP contribution in [-0.2, 0) is 4.79 Å². The second-order valence-corrected chi connectivity index (χ2v) is 7.43. The van der Waals surface area contributed by atoms with Crippen molar-refractivity contribution in [2.45, 2.75) is 25.5 Å². The molecule has 3 nitrogen and oxygen atoms in total. The molecule has 6 heteroatoms. The third-order valence-electron chi connectivity index (χ3n) is 1.58. The average Bonchev–Trinajstić information content (AvgIpc) is 2.13. The summed E-state index contributed by atoms with van der Waals surface area (Å²) in [6.45, 7) is 6.74. The van der Waals surface area contributed by atoms with Gasteiger partial charge in [0.15, 0.2) is 0 Å². The van der Waals surface area contributed by atoms with Crippen molar-refractivity contribution in [1.29, 1.82) is 0 Å². The highest BCUT2D eigenvalue weighted by molar-refractivity contribution is 8.47.